The Morgan fingerprint density at radius 3 is 1.88 bits per heavy atom. The molecule has 2 atom stereocenters. The van der Waals surface area contributed by atoms with Crippen molar-refractivity contribution in [3.8, 4) is 0 Å². The highest BCUT2D eigenvalue weighted by molar-refractivity contribution is 5.92. The highest BCUT2D eigenvalue weighted by atomic mass is 19.4. The van der Waals surface area contributed by atoms with Crippen molar-refractivity contribution in [2.24, 2.45) is 5.92 Å². The van der Waals surface area contributed by atoms with E-state index in [9.17, 15) is 35.9 Å². The number of alkyl halides is 6. The average molecular weight is 265 g/mol. The Hall–Kier alpha value is -1.48. The molecule has 1 aliphatic carbocycles. The molecule has 1 saturated carbocycles. The van der Waals surface area contributed by atoms with Crippen LogP contribution in [0.25, 0.3) is 0 Å². The average Bonchev–Trinajstić information content (AvgIpc) is 2.77. The van der Waals surface area contributed by atoms with E-state index in [2.05, 4.69) is 0 Å². The van der Waals surface area contributed by atoms with Crippen LogP contribution in [0.2, 0.25) is 0 Å². The number of carbonyl (C=O) groups excluding carboxylic acids is 1. The van der Waals surface area contributed by atoms with E-state index in [1.807, 2.05) is 0 Å². The van der Waals surface area contributed by atoms with E-state index in [-0.39, 0.29) is 0 Å². The van der Waals surface area contributed by atoms with Crippen molar-refractivity contribution < 1.29 is 41.0 Å². The second kappa shape index (κ2) is 3.50. The molecule has 1 aliphatic rings. The summed E-state index contributed by atoms with van der Waals surface area (Å²) in [6, 6.07) is 0. The molecular weight excluding hydrogens is 260 g/mol. The molecule has 0 radical (unpaired) electrons. The zero-order chi connectivity index (χ0) is 13.6. The first-order chi connectivity index (χ1) is 7.41. The Bertz CT molecular complexity index is 362. The summed E-state index contributed by atoms with van der Waals surface area (Å²) in [5.74, 6) is -7.34. The van der Waals surface area contributed by atoms with Crippen molar-refractivity contribution in [2.45, 2.75) is 24.3 Å². The maximum Gasteiger partial charge on any atom is 0.471 e. The summed E-state index contributed by atoms with van der Waals surface area (Å²) in [7, 11) is 0. The van der Waals surface area contributed by atoms with E-state index in [0.717, 1.165) is 5.32 Å². The first-order valence-electron chi connectivity index (χ1n) is 4.10. The van der Waals surface area contributed by atoms with Crippen molar-refractivity contribution in [1.29, 1.82) is 0 Å². The van der Waals surface area contributed by atoms with Crippen LogP contribution < -0.4 is 5.32 Å². The first kappa shape index (κ1) is 13.6. The Morgan fingerprint density at radius 2 is 1.65 bits per heavy atom. The van der Waals surface area contributed by atoms with Crippen LogP contribution in [0.15, 0.2) is 0 Å². The highest BCUT2D eigenvalue weighted by Gasteiger charge is 2.73. The summed E-state index contributed by atoms with van der Waals surface area (Å²) in [6.07, 6.45) is -11.5. The third kappa shape index (κ3) is 2.44. The number of carbonyl (C=O) groups is 2. The van der Waals surface area contributed by atoms with Gasteiger partial charge in [0.25, 0.3) is 0 Å². The SMILES string of the molecule is O=C(N[C@@]1(C(=O)O)C[C@@H]1C(F)(F)F)C(F)(F)F. The number of halogens is 6. The number of carboxylic acid groups (broad SMARTS) is 1. The maximum absolute atomic E-state index is 12.1. The third-order valence-electron chi connectivity index (χ3n) is 2.33. The van der Waals surface area contributed by atoms with Gasteiger partial charge >= 0.3 is 24.2 Å². The van der Waals surface area contributed by atoms with E-state index < -0.39 is 42.1 Å². The third-order valence-corrected chi connectivity index (χ3v) is 2.33. The van der Waals surface area contributed by atoms with E-state index >= 15 is 0 Å². The quantitative estimate of drug-likeness (QED) is 0.734. The van der Waals surface area contributed by atoms with Crippen LogP contribution in [0.4, 0.5) is 26.3 Å². The fraction of sp³-hybridized carbons (Fsp3) is 0.714. The van der Waals surface area contributed by atoms with E-state index in [1.165, 1.54) is 0 Å². The number of hydrogen-bond acceptors (Lipinski definition) is 2. The Kier molecular flexibility index (Phi) is 2.80. The molecule has 1 fully saturated rings. The Morgan fingerprint density at radius 1 is 1.18 bits per heavy atom. The topological polar surface area (TPSA) is 66.4 Å². The lowest BCUT2D eigenvalue weighted by Gasteiger charge is -2.17. The van der Waals surface area contributed by atoms with Gasteiger partial charge in [-0.15, -0.1) is 0 Å². The van der Waals surface area contributed by atoms with Gasteiger partial charge in [-0.3, -0.25) is 4.79 Å². The van der Waals surface area contributed by atoms with Crippen molar-refractivity contribution in [2.75, 3.05) is 0 Å². The van der Waals surface area contributed by atoms with Crippen molar-refractivity contribution in [3.05, 3.63) is 0 Å². The molecule has 1 rings (SSSR count). The molecule has 0 saturated heterocycles. The van der Waals surface area contributed by atoms with Gasteiger partial charge in [0.05, 0.1) is 5.92 Å². The molecule has 0 aromatic carbocycles. The van der Waals surface area contributed by atoms with Crippen LogP contribution in [0.1, 0.15) is 6.42 Å². The molecule has 4 nitrogen and oxygen atoms in total. The lowest BCUT2D eigenvalue weighted by Crippen LogP contribution is -2.51. The molecule has 17 heavy (non-hydrogen) atoms. The number of rotatable bonds is 2. The monoisotopic (exact) mass is 265 g/mol. The van der Waals surface area contributed by atoms with Gasteiger partial charge in [0.1, 0.15) is 0 Å². The fourth-order valence-corrected chi connectivity index (χ4v) is 1.36. The van der Waals surface area contributed by atoms with Gasteiger partial charge in [-0.25, -0.2) is 4.79 Å². The van der Waals surface area contributed by atoms with Gasteiger partial charge in [0.2, 0.25) is 0 Å². The predicted molar refractivity (Wildman–Crippen MR) is 38.7 cm³/mol. The van der Waals surface area contributed by atoms with Crippen LogP contribution in [0.3, 0.4) is 0 Å². The summed E-state index contributed by atoms with van der Waals surface area (Å²) in [4.78, 5) is 21.0. The molecule has 0 aliphatic heterocycles. The van der Waals surface area contributed by atoms with Crippen LogP contribution in [0, 0.1) is 5.92 Å². The minimum atomic E-state index is -5.43. The largest absolute Gasteiger partial charge is 0.479 e. The normalized spacial score (nSPS) is 28.7. The van der Waals surface area contributed by atoms with Gasteiger partial charge in [-0.2, -0.15) is 26.3 Å². The molecule has 0 unspecified atom stereocenters. The zero-order valence-electron chi connectivity index (χ0n) is 7.82. The van der Waals surface area contributed by atoms with Gasteiger partial charge < -0.3 is 10.4 Å². The van der Waals surface area contributed by atoms with Crippen LogP contribution in [-0.4, -0.2) is 34.9 Å². The molecule has 0 aromatic heterocycles. The molecule has 0 aromatic rings. The molecule has 1 amide bonds. The summed E-state index contributed by atoms with van der Waals surface area (Å²) in [5.41, 5.74) is -2.90. The Balaban J connectivity index is 2.87. The molecule has 0 bridgehead atoms. The molecular formula is C7H5F6NO3. The first-order valence-corrected chi connectivity index (χ1v) is 4.10. The van der Waals surface area contributed by atoms with Crippen LogP contribution in [0.5, 0.6) is 0 Å². The van der Waals surface area contributed by atoms with E-state index in [0.29, 0.717) is 0 Å². The minimum absolute atomic E-state index is 0.880. The van der Waals surface area contributed by atoms with E-state index in [1.54, 1.807) is 0 Å². The number of amides is 1. The standard InChI is InChI=1S/C7H5F6NO3/c8-6(9,10)2-1-5(2,4(16)17)14-3(15)7(11,12)13/h2H,1H2,(H,14,15)(H,16,17)/t2-,5-/m0/s1. The summed E-state index contributed by atoms with van der Waals surface area (Å²) < 4.78 is 71.9. The molecule has 10 heteroatoms. The molecule has 0 heterocycles. The van der Waals surface area contributed by atoms with E-state index in [4.69, 9.17) is 5.11 Å². The predicted octanol–water partition coefficient (Wildman–Crippen LogP) is 1.07. The molecule has 2 N–H and O–H groups in total. The van der Waals surface area contributed by atoms with Crippen LogP contribution in [-0.2, 0) is 9.59 Å². The summed E-state index contributed by atoms with van der Waals surface area (Å²) >= 11 is 0. The molecule has 0 spiro atoms. The van der Waals surface area contributed by atoms with Gasteiger partial charge in [0, 0.05) is 0 Å². The molecule has 98 valence electrons. The van der Waals surface area contributed by atoms with Crippen molar-refractivity contribution >= 4 is 11.9 Å². The van der Waals surface area contributed by atoms with Crippen molar-refractivity contribution in [3.63, 3.8) is 0 Å². The lowest BCUT2D eigenvalue weighted by atomic mass is 10.2. The number of carboxylic acids is 1. The maximum atomic E-state index is 12.1. The zero-order valence-corrected chi connectivity index (χ0v) is 7.82. The van der Waals surface area contributed by atoms with Gasteiger partial charge in [-0.1, -0.05) is 0 Å². The second-order valence-electron chi connectivity index (χ2n) is 3.53. The fourth-order valence-electron chi connectivity index (χ4n) is 1.36. The number of hydrogen-bond donors (Lipinski definition) is 2. The summed E-state index contributed by atoms with van der Waals surface area (Å²) in [6.45, 7) is 0. The highest BCUT2D eigenvalue weighted by Crippen LogP contribution is 2.53. The van der Waals surface area contributed by atoms with Crippen LogP contribution >= 0.6 is 0 Å². The number of aliphatic carboxylic acids is 1. The number of nitrogens with one attached hydrogen (secondary N) is 1. The van der Waals surface area contributed by atoms with Gasteiger partial charge in [-0.05, 0) is 6.42 Å². The summed E-state index contributed by atoms with van der Waals surface area (Å²) in [5, 5.41) is 9.35. The Labute approximate surface area is 89.6 Å². The van der Waals surface area contributed by atoms with Gasteiger partial charge in [0.15, 0.2) is 5.54 Å². The lowest BCUT2D eigenvalue weighted by molar-refractivity contribution is -0.180. The van der Waals surface area contributed by atoms with Crippen molar-refractivity contribution in [1.82, 2.24) is 5.32 Å². The smallest absolute Gasteiger partial charge is 0.471 e. The second-order valence-corrected chi connectivity index (χ2v) is 3.53. The minimum Gasteiger partial charge on any atom is -0.479 e.